The highest BCUT2D eigenvalue weighted by atomic mass is 16.1. The van der Waals surface area contributed by atoms with Gasteiger partial charge in [0.05, 0.1) is 0 Å². The molecule has 0 aromatic rings. The maximum absolute atomic E-state index is 11.3. The van der Waals surface area contributed by atoms with Crippen LogP contribution in [0.25, 0.3) is 0 Å². The summed E-state index contributed by atoms with van der Waals surface area (Å²) in [5.41, 5.74) is 3.13. The molecule has 0 aromatic carbocycles. The summed E-state index contributed by atoms with van der Waals surface area (Å²) in [4.78, 5) is 11.3. The average Bonchev–Trinajstić information content (AvgIpc) is 2.87. The zero-order valence-electron chi connectivity index (χ0n) is 18.5. The predicted molar refractivity (Wildman–Crippen MR) is 115 cm³/mol. The molecule has 1 amide bonds. The molecule has 0 radical (unpaired) electrons. The number of nitrogens with one attached hydrogen (secondary N) is 2. The molecule has 2 N–H and O–H groups in total. The van der Waals surface area contributed by atoms with Crippen LogP contribution in [0.1, 0.15) is 75.7 Å². The molecule has 1 rings (SSSR count). The zero-order valence-corrected chi connectivity index (χ0v) is 18.5. The molecule has 0 fully saturated rings. The van der Waals surface area contributed by atoms with E-state index in [1.807, 2.05) is 26.8 Å². The van der Waals surface area contributed by atoms with Gasteiger partial charge in [-0.1, -0.05) is 74.1 Å². The summed E-state index contributed by atoms with van der Waals surface area (Å²) in [5, 5.41) is 5.84. The number of hydrogen-bond donors (Lipinski definition) is 2. The van der Waals surface area contributed by atoms with Gasteiger partial charge < -0.3 is 10.6 Å². The van der Waals surface area contributed by atoms with Crippen molar-refractivity contribution in [1.82, 2.24) is 10.6 Å². The van der Waals surface area contributed by atoms with Gasteiger partial charge >= 0.3 is 0 Å². The lowest BCUT2D eigenvalue weighted by Gasteiger charge is -1.97. The Morgan fingerprint density at radius 3 is 1.96 bits per heavy atom. The van der Waals surface area contributed by atoms with Gasteiger partial charge in [0.25, 0.3) is 5.91 Å². The van der Waals surface area contributed by atoms with E-state index in [1.165, 1.54) is 5.57 Å². The molecule has 0 aromatic heterocycles. The third-order valence-corrected chi connectivity index (χ3v) is 2.64. The number of carbonyl (C=O) groups is 1. The van der Waals surface area contributed by atoms with Gasteiger partial charge in [-0.25, -0.2) is 0 Å². The van der Waals surface area contributed by atoms with Gasteiger partial charge in [-0.05, 0) is 37.7 Å². The summed E-state index contributed by atoms with van der Waals surface area (Å²) in [6, 6.07) is 0. The lowest BCUT2D eigenvalue weighted by Crippen LogP contribution is -2.16. The van der Waals surface area contributed by atoms with E-state index >= 15 is 0 Å². The Morgan fingerprint density at radius 1 is 1.20 bits per heavy atom. The molecule has 25 heavy (non-hydrogen) atoms. The summed E-state index contributed by atoms with van der Waals surface area (Å²) in [6.07, 6.45) is 4.97. The van der Waals surface area contributed by atoms with Crippen LogP contribution in [0.3, 0.4) is 0 Å². The smallest absolute Gasteiger partial charge is 0.251 e. The highest BCUT2D eigenvalue weighted by molar-refractivity contribution is 5.99. The van der Waals surface area contributed by atoms with Crippen LogP contribution in [0, 0.1) is 11.8 Å². The SMILES string of the molecule is C=C(C)NCC.CC.CC(C)C.CCC1=C(/C=C\C(C)C)C(=O)NC1. The molecule has 3 heteroatoms. The number of carbonyl (C=O) groups excluding carboxylic acids is 1. The molecule has 1 heterocycles. The second-order valence-corrected chi connectivity index (χ2v) is 6.70. The van der Waals surface area contributed by atoms with Gasteiger partial charge in [0.15, 0.2) is 0 Å². The number of hydrogen-bond acceptors (Lipinski definition) is 2. The molecule has 1 aliphatic rings. The Morgan fingerprint density at radius 2 is 1.68 bits per heavy atom. The van der Waals surface area contributed by atoms with Crippen LogP contribution in [-0.4, -0.2) is 19.0 Å². The summed E-state index contributed by atoms with van der Waals surface area (Å²) in [6.45, 7) is 26.1. The van der Waals surface area contributed by atoms with E-state index in [0.29, 0.717) is 5.92 Å². The molecule has 3 nitrogen and oxygen atoms in total. The van der Waals surface area contributed by atoms with Crippen molar-refractivity contribution in [2.24, 2.45) is 11.8 Å². The van der Waals surface area contributed by atoms with E-state index in [1.54, 1.807) is 0 Å². The van der Waals surface area contributed by atoms with E-state index in [-0.39, 0.29) is 5.91 Å². The number of allylic oxidation sites excluding steroid dienone is 2. The summed E-state index contributed by atoms with van der Waals surface area (Å²) < 4.78 is 0. The van der Waals surface area contributed by atoms with Crippen LogP contribution in [0.2, 0.25) is 0 Å². The summed E-state index contributed by atoms with van der Waals surface area (Å²) >= 11 is 0. The predicted octanol–water partition coefficient (Wildman–Crippen LogP) is 5.85. The monoisotopic (exact) mass is 352 g/mol. The molecular weight excluding hydrogens is 308 g/mol. The minimum absolute atomic E-state index is 0.0775. The first-order valence-corrected chi connectivity index (χ1v) is 9.73. The van der Waals surface area contributed by atoms with Crippen molar-refractivity contribution >= 4 is 5.91 Å². The van der Waals surface area contributed by atoms with Gasteiger partial charge in [0.1, 0.15) is 0 Å². The van der Waals surface area contributed by atoms with E-state index in [2.05, 4.69) is 71.8 Å². The normalized spacial score (nSPS) is 12.7. The third-order valence-electron chi connectivity index (χ3n) is 2.64. The molecular formula is C22H44N2O. The van der Waals surface area contributed by atoms with Crippen LogP contribution in [0.15, 0.2) is 35.6 Å². The lowest BCUT2D eigenvalue weighted by molar-refractivity contribution is -0.116. The highest BCUT2D eigenvalue weighted by Gasteiger charge is 2.18. The van der Waals surface area contributed by atoms with Crippen molar-refractivity contribution in [3.05, 3.63) is 35.6 Å². The third kappa shape index (κ3) is 20.4. The Balaban J connectivity index is -0.000000337. The van der Waals surface area contributed by atoms with Crippen LogP contribution in [0.4, 0.5) is 0 Å². The topological polar surface area (TPSA) is 41.1 Å². The molecule has 0 saturated carbocycles. The molecule has 0 aliphatic carbocycles. The molecule has 0 spiro atoms. The van der Waals surface area contributed by atoms with Crippen molar-refractivity contribution in [2.75, 3.05) is 13.1 Å². The van der Waals surface area contributed by atoms with Crippen LogP contribution >= 0.6 is 0 Å². The van der Waals surface area contributed by atoms with E-state index in [9.17, 15) is 4.79 Å². The van der Waals surface area contributed by atoms with Gasteiger partial charge in [-0.2, -0.15) is 0 Å². The Bertz CT molecular complexity index is 401. The van der Waals surface area contributed by atoms with E-state index in [4.69, 9.17) is 0 Å². The maximum atomic E-state index is 11.3. The second kappa shape index (κ2) is 18.8. The molecule has 1 aliphatic heterocycles. The fraction of sp³-hybridized carbons (Fsp3) is 0.682. The van der Waals surface area contributed by atoms with Crippen molar-refractivity contribution < 1.29 is 4.79 Å². The Labute approximate surface area is 158 Å². The maximum Gasteiger partial charge on any atom is 0.251 e. The van der Waals surface area contributed by atoms with Gasteiger partial charge in [0, 0.05) is 24.4 Å². The zero-order chi connectivity index (χ0) is 20.4. The summed E-state index contributed by atoms with van der Waals surface area (Å²) in [5.74, 6) is 1.41. The first-order valence-electron chi connectivity index (χ1n) is 9.73. The van der Waals surface area contributed by atoms with Crippen molar-refractivity contribution in [2.45, 2.75) is 75.7 Å². The molecule has 0 atom stereocenters. The van der Waals surface area contributed by atoms with Crippen LogP contribution in [0.5, 0.6) is 0 Å². The van der Waals surface area contributed by atoms with E-state index < -0.39 is 0 Å². The van der Waals surface area contributed by atoms with Crippen LogP contribution in [-0.2, 0) is 4.79 Å². The Kier molecular flexibility index (Phi) is 21.3. The van der Waals surface area contributed by atoms with Gasteiger partial charge in [-0.3, -0.25) is 4.79 Å². The molecule has 0 bridgehead atoms. The fourth-order valence-corrected chi connectivity index (χ4v) is 1.64. The minimum atomic E-state index is 0.0775. The fourth-order valence-electron chi connectivity index (χ4n) is 1.64. The average molecular weight is 353 g/mol. The Hall–Kier alpha value is -1.51. The van der Waals surface area contributed by atoms with E-state index in [0.717, 1.165) is 36.7 Å². The largest absolute Gasteiger partial charge is 0.389 e. The standard InChI is InChI=1S/C11H17NO.C5H11N.C4H10.C2H6/c1-4-9-7-12-11(13)10(9)6-5-8(2)3;1-4-6-5(2)3;1-4(2)3;1-2/h5-6,8H,4,7H2,1-3H3,(H,12,13);6H,2,4H2,1,3H3;4H,1-3H3;1-2H3/b6-5-;;;. The number of rotatable bonds is 5. The van der Waals surface area contributed by atoms with Crippen molar-refractivity contribution in [3.63, 3.8) is 0 Å². The first-order chi connectivity index (χ1) is 11.6. The number of amides is 1. The van der Waals surface area contributed by atoms with Crippen LogP contribution < -0.4 is 10.6 Å². The van der Waals surface area contributed by atoms with Crippen molar-refractivity contribution in [1.29, 1.82) is 0 Å². The van der Waals surface area contributed by atoms with Gasteiger partial charge in [0.2, 0.25) is 0 Å². The van der Waals surface area contributed by atoms with Gasteiger partial charge in [-0.15, -0.1) is 0 Å². The quantitative estimate of drug-likeness (QED) is 0.651. The minimum Gasteiger partial charge on any atom is -0.389 e. The molecule has 0 saturated heterocycles. The lowest BCUT2D eigenvalue weighted by atomic mass is 10.1. The second-order valence-electron chi connectivity index (χ2n) is 6.70. The molecule has 148 valence electrons. The van der Waals surface area contributed by atoms with Crippen molar-refractivity contribution in [3.8, 4) is 0 Å². The highest BCUT2D eigenvalue weighted by Crippen LogP contribution is 2.16. The molecule has 0 unspecified atom stereocenters. The first kappa shape index (κ1) is 28.3. The summed E-state index contributed by atoms with van der Waals surface area (Å²) in [7, 11) is 0.